The number of benzene rings is 2. The fourth-order valence-electron chi connectivity index (χ4n) is 3.45. The van der Waals surface area contributed by atoms with Gasteiger partial charge in [0.2, 0.25) is 0 Å². The maximum absolute atomic E-state index is 11.3. The van der Waals surface area contributed by atoms with Crippen molar-refractivity contribution in [1.82, 2.24) is 0 Å². The topological polar surface area (TPSA) is 140 Å². The van der Waals surface area contributed by atoms with Gasteiger partial charge in [0.05, 0.1) is 33.6 Å². The number of hydrazone groups is 1. The molecule has 0 bridgehead atoms. The fourth-order valence-corrected chi connectivity index (χ4v) is 3.66. The molecule has 0 spiro atoms. The number of rotatable bonds is 5. The zero-order valence-corrected chi connectivity index (χ0v) is 17.8. The predicted molar refractivity (Wildman–Crippen MR) is 123 cm³/mol. The number of nitrogens with zero attached hydrogens (tertiary/aromatic N) is 4. The van der Waals surface area contributed by atoms with Crippen LogP contribution in [-0.4, -0.2) is 23.0 Å². The van der Waals surface area contributed by atoms with Gasteiger partial charge in [-0.25, -0.2) is 9.80 Å². The highest BCUT2D eigenvalue weighted by atomic mass is 35.5. The van der Waals surface area contributed by atoms with E-state index in [1.165, 1.54) is 29.3 Å². The number of hydrogen-bond acceptors (Lipinski definition) is 7. The summed E-state index contributed by atoms with van der Waals surface area (Å²) in [5, 5.41) is 35.0. The molecule has 1 aliphatic rings. The summed E-state index contributed by atoms with van der Waals surface area (Å²) in [6.07, 6.45) is 0.705. The number of halogens is 1. The molecule has 1 aromatic heterocycles. The molecule has 0 amide bonds. The lowest BCUT2D eigenvalue weighted by atomic mass is 9.96. The third-order valence-electron chi connectivity index (χ3n) is 5.08. The van der Waals surface area contributed by atoms with E-state index in [1.807, 2.05) is 30.3 Å². The monoisotopic (exact) mass is 457 g/mol. The Morgan fingerprint density at radius 2 is 1.94 bits per heavy atom. The van der Waals surface area contributed by atoms with Crippen molar-refractivity contribution in [2.75, 3.05) is 5.01 Å². The van der Waals surface area contributed by atoms with Gasteiger partial charge in [-0.2, -0.15) is 15.6 Å². The molecule has 0 saturated heterocycles. The minimum absolute atomic E-state index is 0.0628. The molecule has 0 saturated carbocycles. The van der Waals surface area contributed by atoms with Crippen LogP contribution >= 0.6 is 11.6 Å². The Kier molecular flexibility index (Phi) is 5.97. The second-order valence-corrected chi connectivity index (χ2v) is 7.54. The Morgan fingerprint density at radius 3 is 2.61 bits per heavy atom. The van der Waals surface area contributed by atoms with Gasteiger partial charge in [-0.15, -0.1) is 0 Å². The Morgan fingerprint density at radius 1 is 1.18 bits per heavy atom. The van der Waals surface area contributed by atoms with Crippen LogP contribution in [0.15, 0.2) is 75.8 Å². The number of carbonyl (C=O) groups is 1. The van der Waals surface area contributed by atoms with E-state index in [1.54, 1.807) is 12.1 Å². The lowest BCUT2D eigenvalue weighted by Crippen LogP contribution is -2.40. The van der Waals surface area contributed by atoms with Crippen LogP contribution in [0.2, 0.25) is 5.02 Å². The highest BCUT2D eigenvalue weighted by Crippen LogP contribution is 2.32. The number of allylic oxidation sites excluding steroid dienone is 1. The van der Waals surface area contributed by atoms with Crippen LogP contribution in [0.25, 0.3) is 17.4 Å². The van der Waals surface area contributed by atoms with E-state index in [-0.39, 0.29) is 16.8 Å². The standard InChI is InChI=1S/C24H16ClN5O3/c25-20-8-6-14(24(31)32)11-18(20)21-9-7-17(33-21)10-15(12-26)22-19(13-27)23(28)30(29-22)16-4-2-1-3-5-16/h1-11,19,23H,28H2,(H,31,32)/b15-10-/t19-,23-/m1/s1. The van der Waals surface area contributed by atoms with E-state index in [9.17, 15) is 20.4 Å². The maximum atomic E-state index is 11.3. The van der Waals surface area contributed by atoms with E-state index >= 15 is 0 Å². The Hall–Kier alpha value is -4.37. The van der Waals surface area contributed by atoms with Gasteiger partial charge in [0.1, 0.15) is 29.7 Å². The molecule has 2 atom stereocenters. The number of carboxylic acids is 1. The molecule has 8 nitrogen and oxygen atoms in total. The summed E-state index contributed by atoms with van der Waals surface area (Å²) in [6.45, 7) is 0. The van der Waals surface area contributed by atoms with Crippen molar-refractivity contribution >= 4 is 35.0 Å². The van der Waals surface area contributed by atoms with Gasteiger partial charge >= 0.3 is 5.97 Å². The van der Waals surface area contributed by atoms with Crippen molar-refractivity contribution in [3.05, 3.63) is 82.6 Å². The zero-order chi connectivity index (χ0) is 23.5. The minimum Gasteiger partial charge on any atom is -0.478 e. The minimum atomic E-state index is -1.09. The van der Waals surface area contributed by atoms with Crippen molar-refractivity contribution < 1.29 is 14.3 Å². The Balaban J connectivity index is 1.70. The van der Waals surface area contributed by atoms with Gasteiger partial charge in [-0.05, 0) is 42.5 Å². The van der Waals surface area contributed by atoms with Crippen LogP contribution < -0.4 is 10.7 Å². The van der Waals surface area contributed by atoms with E-state index in [2.05, 4.69) is 17.2 Å². The number of nitriles is 2. The van der Waals surface area contributed by atoms with Crippen LogP contribution in [0.5, 0.6) is 0 Å². The van der Waals surface area contributed by atoms with Crippen LogP contribution in [0.4, 0.5) is 5.69 Å². The quantitative estimate of drug-likeness (QED) is 0.537. The van der Waals surface area contributed by atoms with E-state index in [0.717, 1.165) is 0 Å². The molecule has 1 aliphatic heterocycles. The summed E-state index contributed by atoms with van der Waals surface area (Å²) in [5.41, 5.74) is 7.77. The first kappa shape index (κ1) is 21.8. The van der Waals surface area contributed by atoms with Gasteiger partial charge < -0.3 is 15.3 Å². The highest BCUT2D eigenvalue weighted by Gasteiger charge is 2.37. The van der Waals surface area contributed by atoms with Crippen LogP contribution in [0.1, 0.15) is 16.1 Å². The Bertz CT molecular complexity index is 1360. The van der Waals surface area contributed by atoms with Gasteiger partial charge in [0.25, 0.3) is 0 Å². The lowest BCUT2D eigenvalue weighted by molar-refractivity contribution is 0.0697. The van der Waals surface area contributed by atoms with Crippen molar-refractivity contribution in [3.8, 4) is 23.5 Å². The second kappa shape index (κ2) is 9.01. The van der Waals surface area contributed by atoms with E-state index < -0.39 is 18.1 Å². The molecule has 3 aromatic rings. The summed E-state index contributed by atoms with van der Waals surface area (Å²) in [7, 11) is 0. The number of nitrogens with two attached hydrogens (primary N) is 1. The molecular formula is C24H16ClN5O3. The van der Waals surface area contributed by atoms with Gasteiger partial charge in [-0.1, -0.05) is 29.8 Å². The normalized spacial score (nSPS) is 17.9. The van der Waals surface area contributed by atoms with Crippen molar-refractivity contribution in [1.29, 1.82) is 10.5 Å². The molecule has 0 aliphatic carbocycles. The molecule has 33 heavy (non-hydrogen) atoms. The van der Waals surface area contributed by atoms with E-state index in [4.69, 9.17) is 21.8 Å². The summed E-state index contributed by atoms with van der Waals surface area (Å²) >= 11 is 6.21. The number of furan rings is 1. The maximum Gasteiger partial charge on any atom is 0.335 e. The first-order chi connectivity index (χ1) is 15.9. The molecule has 4 rings (SSSR count). The van der Waals surface area contributed by atoms with E-state index in [0.29, 0.717) is 27.8 Å². The molecule has 0 fully saturated rings. The SMILES string of the molecule is N#C/C(=C/c1ccc(-c2cc(C(=O)O)ccc2Cl)o1)C1=NN(c2ccccc2)[C@@H](N)[C@@H]1C#N. The summed E-state index contributed by atoms with van der Waals surface area (Å²) < 4.78 is 5.80. The number of carboxylic acid groups (broad SMARTS) is 1. The molecule has 162 valence electrons. The third-order valence-corrected chi connectivity index (χ3v) is 5.41. The number of hydrogen-bond donors (Lipinski definition) is 2. The number of aromatic carboxylic acids is 1. The fraction of sp³-hybridized carbons (Fsp3) is 0.0833. The molecule has 0 unspecified atom stereocenters. The molecule has 2 heterocycles. The highest BCUT2D eigenvalue weighted by molar-refractivity contribution is 6.33. The molecule has 9 heteroatoms. The van der Waals surface area contributed by atoms with Gasteiger partial charge in [0, 0.05) is 11.6 Å². The largest absolute Gasteiger partial charge is 0.478 e. The molecular weight excluding hydrogens is 442 g/mol. The summed E-state index contributed by atoms with van der Waals surface area (Å²) in [4.78, 5) is 11.3. The van der Waals surface area contributed by atoms with Crippen molar-refractivity contribution in [2.45, 2.75) is 6.17 Å². The molecule has 0 radical (unpaired) electrons. The third kappa shape index (κ3) is 4.21. The van der Waals surface area contributed by atoms with Gasteiger partial charge in [0.15, 0.2) is 0 Å². The predicted octanol–water partition coefficient (Wildman–Crippen LogP) is 4.51. The first-order valence-corrected chi connectivity index (χ1v) is 10.1. The van der Waals surface area contributed by atoms with Gasteiger partial charge in [-0.3, -0.25) is 0 Å². The zero-order valence-electron chi connectivity index (χ0n) is 17.0. The summed E-state index contributed by atoms with van der Waals surface area (Å²) in [5.74, 6) is -1.27. The first-order valence-electron chi connectivity index (χ1n) is 9.76. The average molecular weight is 458 g/mol. The number of para-hydroxylation sites is 1. The second-order valence-electron chi connectivity index (χ2n) is 7.13. The summed E-state index contributed by atoms with van der Waals surface area (Å²) in [6, 6.07) is 20.8. The average Bonchev–Trinajstić information content (AvgIpc) is 3.42. The Labute approximate surface area is 194 Å². The molecule has 2 aromatic carbocycles. The number of anilines is 1. The lowest BCUT2D eigenvalue weighted by Gasteiger charge is -2.21. The van der Waals surface area contributed by atoms with Crippen LogP contribution in [0, 0.1) is 28.6 Å². The van der Waals surface area contributed by atoms with Crippen LogP contribution in [-0.2, 0) is 0 Å². The smallest absolute Gasteiger partial charge is 0.335 e. The van der Waals surface area contributed by atoms with Crippen LogP contribution in [0.3, 0.4) is 0 Å². The van der Waals surface area contributed by atoms with Crippen molar-refractivity contribution in [3.63, 3.8) is 0 Å². The van der Waals surface area contributed by atoms with Crippen molar-refractivity contribution in [2.24, 2.45) is 16.8 Å². The molecule has 3 N–H and O–H groups in total.